The summed E-state index contributed by atoms with van der Waals surface area (Å²) in [5.74, 6) is 2.74. The maximum absolute atomic E-state index is 12.7. The minimum atomic E-state index is -0.777. The third-order valence-corrected chi connectivity index (χ3v) is 5.77. The lowest BCUT2D eigenvalue weighted by Crippen LogP contribution is -2.51. The Kier molecular flexibility index (Phi) is 3.74. The first kappa shape index (κ1) is 13.9. The maximum Gasteiger partial charge on any atom is 0.303 e. The molecule has 0 atom stereocenters. The van der Waals surface area contributed by atoms with E-state index in [-0.39, 0.29) is 18.2 Å². The molecule has 4 saturated carbocycles. The summed E-state index contributed by atoms with van der Waals surface area (Å²) in [4.78, 5) is 25.0. The zero-order valence-electron chi connectivity index (χ0n) is 12.3. The molecular formula is C16H25NO3. The van der Waals surface area contributed by atoms with Crippen LogP contribution in [0.2, 0.25) is 0 Å². The summed E-state index contributed by atoms with van der Waals surface area (Å²) >= 11 is 0. The number of hydrogen-bond acceptors (Lipinski definition) is 2. The van der Waals surface area contributed by atoms with E-state index in [4.69, 9.17) is 5.11 Å². The van der Waals surface area contributed by atoms with E-state index < -0.39 is 5.97 Å². The van der Waals surface area contributed by atoms with E-state index in [9.17, 15) is 9.59 Å². The van der Waals surface area contributed by atoms with Gasteiger partial charge in [0, 0.05) is 25.9 Å². The Bertz CT molecular complexity index is 379. The molecule has 4 aliphatic rings. The number of nitrogens with zero attached hydrogens (tertiary/aromatic N) is 1. The molecule has 1 amide bonds. The number of amides is 1. The van der Waals surface area contributed by atoms with E-state index in [1.807, 2.05) is 7.05 Å². The van der Waals surface area contributed by atoms with E-state index in [0.717, 1.165) is 11.8 Å². The van der Waals surface area contributed by atoms with Crippen molar-refractivity contribution in [2.45, 2.75) is 44.9 Å². The smallest absolute Gasteiger partial charge is 0.303 e. The van der Waals surface area contributed by atoms with Gasteiger partial charge in [-0.05, 0) is 62.2 Å². The van der Waals surface area contributed by atoms with E-state index >= 15 is 0 Å². The molecule has 0 aromatic rings. The Morgan fingerprint density at radius 2 is 1.60 bits per heavy atom. The van der Waals surface area contributed by atoms with E-state index in [2.05, 4.69) is 0 Å². The van der Waals surface area contributed by atoms with Gasteiger partial charge in [-0.25, -0.2) is 0 Å². The molecule has 4 fully saturated rings. The number of hydrogen-bond donors (Lipinski definition) is 1. The molecule has 0 aliphatic heterocycles. The second-order valence-electron chi connectivity index (χ2n) is 7.21. The normalized spacial score (nSPS) is 38.0. The fourth-order valence-corrected chi connectivity index (χ4v) is 5.16. The van der Waals surface area contributed by atoms with Crippen LogP contribution in [0.5, 0.6) is 0 Å². The summed E-state index contributed by atoms with van der Waals surface area (Å²) < 4.78 is 0. The first-order valence-corrected chi connectivity index (χ1v) is 8.01. The van der Waals surface area contributed by atoms with Crippen LogP contribution in [-0.2, 0) is 9.59 Å². The molecule has 4 bridgehead atoms. The molecule has 4 nitrogen and oxygen atoms in total. The summed E-state index contributed by atoms with van der Waals surface area (Å²) in [5, 5.41) is 8.68. The molecule has 0 unspecified atom stereocenters. The SMILES string of the molecule is CN(CCCC(=O)O)C(=O)C1C2CC3CC(C2)CC1C3. The lowest BCUT2D eigenvalue weighted by molar-refractivity contribution is -0.148. The molecule has 1 N–H and O–H groups in total. The Balaban J connectivity index is 1.58. The van der Waals surface area contributed by atoms with Gasteiger partial charge in [-0.3, -0.25) is 9.59 Å². The van der Waals surface area contributed by atoms with Crippen molar-refractivity contribution < 1.29 is 14.7 Å². The fourth-order valence-electron chi connectivity index (χ4n) is 5.16. The highest BCUT2D eigenvalue weighted by molar-refractivity contribution is 5.79. The lowest BCUT2D eigenvalue weighted by atomic mass is 9.51. The topological polar surface area (TPSA) is 57.6 Å². The molecule has 0 aromatic carbocycles. The van der Waals surface area contributed by atoms with Gasteiger partial charge in [0.05, 0.1) is 0 Å². The van der Waals surface area contributed by atoms with Crippen LogP contribution in [-0.4, -0.2) is 35.5 Å². The summed E-state index contributed by atoms with van der Waals surface area (Å²) in [5.41, 5.74) is 0. The zero-order valence-corrected chi connectivity index (χ0v) is 12.3. The highest BCUT2D eigenvalue weighted by Crippen LogP contribution is 2.56. The van der Waals surface area contributed by atoms with Crippen molar-refractivity contribution in [2.24, 2.45) is 29.6 Å². The molecule has 20 heavy (non-hydrogen) atoms. The number of rotatable bonds is 5. The molecule has 4 aliphatic carbocycles. The minimum Gasteiger partial charge on any atom is -0.481 e. The van der Waals surface area contributed by atoms with Gasteiger partial charge in [-0.1, -0.05) is 0 Å². The van der Waals surface area contributed by atoms with Gasteiger partial charge in [-0.2, -0.15) is 0 Å². The van der Waals surface area contributed by atoms with Crippen LogP contribution < -0.4 is 0 Å². The largest absolute Gasteiger partial charge is 0.481 e. The van der Waals surface area contributed by atoms with Gasteiger partial charge in [0.25, 0.3) is 0 Å². The summed E-state index contributed by atoms with van der Waals surface area (Å²) in [6, 6.07) is 0. The molecule has 0 radical (unpaired) electrons. The number of carbonyl (C=O) groups is 2. The van der Waals surface area contributed by atoms with Gasteiger partial charge in [0.2, 0.25) is 5.91 Å². The molecule has 0 heterocycles. The van der Waals surface area contributed by atoms with Crippen LogP contribution in [0, 0.1) is 29.6 Å². The highest BCUT2D eigenvalue weighted by atomic mass is 16.4. The van der Waals surface area contributed by atoms with Crippen molar-refractivity contribution in [1.82, 2.24) is 4.90 Å². The second-order valence-corrected chi connectivity index (χ2v) is 7.21. The highest BCUT2D eigenvalue weighted by Gasteiger charge is 2.51. The van der Waals surface area contributed by atoms with Gasteiger partial charge in [0.1, 0.15) is 0 Å². The van der Waals surface area contributed by atoms with E-state index in [0.29, 0.717) is 24.8 Å². The Morgan fingerprint density at radius 1 is 1.05 bits per heavy atom. The monoisotopic (exact) mass is 279 g/mol. The summed E-state index contributed by atoms with van der Waals surface area (Å²) in [7, 11) is 1.84. The van der Waals surface area contributed by atoms with Crippen molar-refractivity contribution in [3.05, 3.63) is 0 Å². The van der Waals surface area contributed by atoms with Crippen LogP contribution >= 0.6 is 0 Å². The molecule has 0 saturated heterocycles. The number of carboxylic acid groups (broad SMARTS) is 1. The standard InChI is InChI=1S/C16H25NO3/c1-17(4-2-3-14(18)19)16(20)15-12-6-10-5-11(8-12)9-13(15)7-10/h10-13,15H,2-9H2,1H3,(H,18,19). The average molecular weight is 279 g/mol. The second kappa shape index (κ2) is 5.38. The Morgan fingerprint density at radius 3 is 2.10 bits per heavy atom. The maximum atomic E-state index is 12.7. The molecule has 4 heteroatoms. The van der Waals surface area contributed by atoms with Gasteiger partial charge < -0.3 is 10.0 Å². The predicted octanol–water partition coefficient (Wildman–Crippen LogP) is 2.38. The molecule has 0 aromatic heterocycles. The van der Waals surface area contributed by atoms with Gasteiger partial charge >= 0.3 is 5.97 Å². The van der Waals surface area contributed by atoms with Crippen LogP contribution in [0.3, 0.4) is 0 Å². The van der Waals surface area contributed by atoms with Crippen molar-refractivity contribution in [2.75, 3.05) is 13.6 Å². The first-order chi connectivity index (χ1) is 9.54. The molecule has 112 valence electrons. The summed E-state index contributed by atoms with van der Waals surface area (Å²) in [6.45, 7) is 0.577. The third-order valence-electron chi connectivity index (χ3n) is 5.77. The summed E-state index contributed by atoms with van der Waals surface area (Å²) in [6.07, 6.45) is 7.14. The van der Waals surface area contributed by atoms with E-state index in [1.54, 1.807) is 4.90 Å². The first-order valence-electron chi connectivity index (χ1n) is 8.01. The number of carbonyl (C=O) groups excluding carboxylic acids is 1. The molecule has 4 rings (SSSR count). The van der Waals surface area contributed by atoms with Crippen LogP contribution in [0.15, 0.2) is 0 Å². The lowest BCUT2D eigenvalue weighted by Gasteiger charge is -2.54. The van der Waals surface area contributed by atoms with Crippen LogP contribution in [0.25, 0.3) is 0 Å². The predicted molar refractivity (Wildman–Crippen MR) is 75.0 cm³/mol. The van der Waals surface area contributed by atoms with Crippen molar-refractivity contribution >= 4 is 11.9 Å². The zero-order chi connectivity index (χ0) is 14.3. The van der Waals surface area contributed by atoms with Gasteiger partial charge in [0.15, 0.2) is 0 Å². The van der Waals surface area contributed by atoms with Crippen molar-refractivity contribution in [3.63, 3.8) is 0 Å². The molecule has 0 spiro atoms. The average Bonchev–Trinajstić information content (AvgIpc) is 2.36. The van der Waals surface area contributed by atoms with Crippen LogP contribution in [0.1, 0.15) is 44.9 Å². The third kappa shape index (κ3) is 2.57. The van der Waals surface area contributed by atoms with Crippen molar-refractivity contribution in [3.8, 4) is 0 Å². The minimum absolute atomic E-state index is 0.152. The van der Waals surface area contributed by atoms with E-state index in [1.165, 1.54) is 32.1 Å². The number of carboxylic acids is 1. The fraction of sp³-hybridized carbons (Fsp3) is 0.875. The van der Waals surface area contributed by atoms with Crippen molar-refractivity contribution in [1.29, 1.82) is 0 Å². The Labute approximate surface area is 120 Å². The van der Waals surface area contributed by atoms with Crippen LogP contribution in [0.4, 0.5) is 0 Å². The quantitative estimate of drug-likeness (QED) is 0.840. The number of aliphatic carboxylic acids is 1. The van der Waals surface area contributed by atoms with Gasteiger partial charge in [-0.15, -0.1) is 0 Å². The molecular weight excluding hydrogens is 254 g/mol. The Hall–Kier alpha value is -1.06.